The average molecular weight is 458 g/mol. The Kier molecular flexibility index (Phi) is 6.99. The van der Waals surface area contributed by atoms with Crippen LogP contribution in [0.1, 0.15) is 39.0 Å². The molecule has 0 fully saturated rings. The third-order valence-corrected chi connectivity index (χ3v) is 6.85. The van der Waals surface area contributed by atoms with E-state index in [1.807, 2.05) is 0 Å². The summed E-state index contributed by atoms with van der Waals surface area (Å²) < 4.78 is 43.1. The lowest BCUT2D eigenvalue weighted by atomic mass is 10.1. The van der Waals surface area contributed by atoms with Crippen LogP contribution in [-0.4, -0.2) is 34.0 Å². The van der Waals surface area contributed by atoms with Crippen molar-refractivity contribution in [3.8, 4) is 0 Å². The second-order valence-corrected chi connectivity index (χ2v) is 8.64. The molecule has 0 N–H and O–H groups in total. The van der Waals surface area contributed by atoms with E-state index in [2.05, 4.69) is 4.74 Å². The van der Waals surface area contributed by atoms with Crippen LogP contribution in [0, 0.1) is 6.92 Å². The molecule has 0 saturated heterocycles. The fourth-order valence-corrected chi connectivity index (χ4v) is 4.90. The second kappa shape index (κ2) is 9.69. The third kappa shape index (κ3) is 4.67. The summed E-state index contributed by atoms with van der Waals surface area (Å²) in [7, 11) is -2.69. The molecule has 0 aliphatic rings. The largest absolute Gasteiger partial charge is 0.465 e. The number of carbonyl (C=O) groups is 2. The number of furan rings is 1. The lowest BCUT2D eigenvalue weighted by Gasteiger charge is -2.24. The van der Waals surface area contributed by atoms with Crippen LogP contribution in [0.25, 0.3) is 0 Å². The minimum atomic E-state index is -3.92. The van der Waals surface area contributed by atoms with Gasteiger partial charge in [-0.05, 0) is 49.7 Å². The molecule has 0 amide bonds. The van der Waals surface area contributed by atoms with E-state index in [-0.39, 0.29) is 34.9 Å². The predicted molar refractivity (Wildman–Crippen MR) is 117 cm³/mol. The van der Waals surface area contributed by atoms with Crippen molar-refractivity contribution in [2.45, 2.75) is 25.3 Å². The lowest BCUT2D eigenvalue weighted by Crippen LogP contribution is -2.31. The van der Waals surface area contributed by atoms with E-state index in [0.717, 1.165) is 0 Å². The molecule has 3 rings (SSSR count). The van der Waals surface area contributed by atoms with Crippen molar-refractivity contribution in [2.24, 2.45) is 0 Å². The molecule has 0 radical (unpaired) electrons. The smallest absolute Gasteiger partial charge is 0.341 e. The van der Waals surface area contributed by atoms with E-state index in [4.69, 9.17) is 9.15 Å². The summed E-state index contributed by atoms with van der Waals surface area (Å²) in [5.41, 5.74) is 1.23. The number of para-hydroxylation sites is 1. The van der Waals surface area contributed by atoms with Crippen LogP contribution in [0.2, 0.25) is 0 Å². The van der Waals surface area contributed by atoms with Crippen LogP contribution in [0.4, 0.5) is 5.69 Å². The number of nitrogens with zero attached hydrogens (tertiary/aromatic N) is 1. The van der Waals surface area contributed by atoms with E-state index < -0.39 is 22.0 Å². The normalized spacial score (nSPS) is 11.1. The van der Waals surface area contributed by atoms with Crippen LogP contribution >= 0.6 is 0 Å². The number of rotatable bonds is 8. The molecule has 0 spiro atoms. The molecule has 0 aliphatic heterocycles. The monoisotopic (exact) mass is 457 g/mol. The van der Waals surface area contributed by atoms with Gasteiger partial charge >= 0.3 is 11.9 Å². The van der Waals surface area contributed by atoms with Gasteiger partial charge in [-0.3, -0.25) is 4.31 Å². The molecule has 1 aromatic heterocycles. The SMILES string of the molecule is CCN(c1ccccc1)S(=O)(=O)c1cc(C(=O)OCc2occc2C(=O)OC)ccc1C. The number of hydrogen-bond acceptors (Lipinski definition) is 7. The Balaban J connectivity index is 1.86. The Labute approximate surface area is 186 Å². The third-order valence-electron chi connectivity index (χ3n) is 4.81. The molecular formula is C23H23NO7S. The Bertz CT molecular complexity index is 1220. The Morgan fingerprint density at radius 1 is 1.03 bits per heavy atom. The van der Waals surface area contributed by atoms with Gasteiger partial charge in [-0.15, -0.1) is 0 Å². The summed E-state index contributed by atoms with van der Waals surface area (Å²) in [6.45, 7) is 3.30. The molecule has 32 heavy (non-hydrogen) atoms. The number of hydrogen-bond donors (Lipinski definition) is 0. The maximum Gasteiger partial charge on any atom is 0.341 e. The molecule has 0 unspecified atom stereocenters. The minimum Gasteiger partial charge on any atom is -0.465 e. The molecular weight excluding hydrogens is 434 g/mol. The van der Waals surface area contributed by atoms with Gasteiger partial charge in [0.25, 0.3) is 10.0 Å². The van der Waals surface area contributed by atoms with Gasteiger partial charge in [0.15, 0.2) is 12.4 Å². The summed E-state index contributed by atoms with van der Waals surface area (Å²) in [5, 5.41) is 0. The first-order chi connectivity index (χ1) is 15.3. The number of ether oxygens (including phenoxy) is 2. The first-order valence-electron chi connectivity index (χ1n) is 9.79. The standard InChI is InChI=1S/C23H23NO7S/c1-4-24(18-8-6-5-7-9-18)32(27,28)21-14-17(11-10-16(21)2)22(25)31-15-20-19(12-13-30-20)23(26)29-3/h5-14H,4,15H2,1-3H3. The van der Waals surface area contributed by atoms with Crippen molar-refractivity contribution in [3.05, 3.63) is 83.3 Å². The molecule has 1 heterocycles. The predicted octanol–water partition coefficient (Wildman–Crippen LogP) is 3.95. The summed E-state index contributed by atoms with van der Waals surface area (Å²) >= 11 is 0. The molecule has 2 aromatic carbocycles. The zero-order chi connectivity index (χ0) is 23.3. The summed E-state index contributed by atoms with van der Waals surface area (Å²) in [5.74, 6) is -1.24. The van der Waals surface area contributed by atoms with Gasteiger partial charge in [0, 0.05) is 6.54 Å². The van der Waals surface area contributed by atoms with Gasteiger partial charge in [-0.1, -0.05) is 24.3 Å². The van der Waals surface area contributed by atoms with Crippen LogP contribution in [-0.2, 0) is 26.1 Å². The summed E-state index contributed by atoms with van der Waals surface area (Å²) in [6.07, 6.45) is 1.29. The molecule has 0 saturated carbocycles. The summed E-state index contributed by atoms with van der Waals surface area (Å²) in [6, 6.07) is 14.5. The van der Waals surface area contributed by atoms with Crippen molar-refractivity contribution >= 4 is 27.6 Å². The molecule has 0 atom stereocenters. The number of esters is 2. The van der Waals surface area contributed by atoms with Gasteiger partial charge < -0.3 is 13.9 Å². The average Bonchev–Trinajstić information content (AvgIpc) is 3.27. The molecule has 168 valence electrons. The zero-order valence-corrected chi connectivity index (χ0v) is 18.7. The van der Waals surface area contributed by atoms with Crippen molar-refractivity contribution < 1.29 is 31.9 Å². The maximum atomic E-state index is 13.4. The molecule has 3 aromatic rings. The number of sulfonamides is 1. The Hall–Kier alpha value is -3.59. The number of benzene rings is 2. The van der Waals surface area contributed by atoms with Gasteiger partial charge in [0.1, 0.15) is 5.56 Å². The van der Waals surface area contributed by atoms with E-state index in [1.165, 1.54) is 35.9 Å². The highest BCUT2D eigenvalue weighted by Crippen LogP contribution is 2.26. The van der Waals surface area contributed by atoms with E-state index in [0.29, 0.717) is 11.3 Å². The van der Waals surface area contributed by atoms with E-state index >= 15 is 0 Å². The first kappa shape index (κ1) is 23.1. The Morgan fingerprint density at radius 2 is 1.75 bits per heavy atom. The number of aryl methyl sites for hydroxylation is 1. The molecule has 0 bridgehead atoms. The van der Waals surface area contributed by atoms with E-state index in [1.54, 1.807) is 50.2 Å². The van der Waals surface area contributed by atoms with Crippen molar-refractivity contribution in [1.82, 2.24) is 0 Å². The zero-order valence-electron chi connectivity index (χ0n) is 17.9. The Morgan fingerprint density at radius 3 is 2.41 bits per heavy atom. The fourth-order valence-electron chi connectivity index (χ4n) is 3.17. The molecule has 0 aliphatic carbocycles. The number of carbonyl (C=O) groups excluding carboxylic acids is 2. The summed E-state index contributed by atoms with van der Waals surface area (Å²) in [4.78, 5) is 24.3. The quantitative estimate of drug-likeness (QED) is 0.472. The lowest BCUT2D eigenvalue weighted by molar-refractivity contribution is 0.0432. The van der Waals surface area contributed by atoms with Crippen LogP contribution in [0.3, 0.4) is 0 Å². The van der Waals surface area contributed by atoms with Gasteiger partial charge in [-0.25, -0.2) is 18.0 Å². The van der Waals surface area contributed by atoms with Crippen molar-refractivity contribution in [3.63, 3.8) is 0 Å². The van der Waals surface area contributed by atoms with Gasteiger partial charge in [0.2, 0.25) is 0 Å². The molecule has 8 nitrogen and oxygen atoms in total. The highest BCUT2D eigenvalue weighted by atomic mass is 32.2. The molecule has 9 heteroatoms. The number of methoxy groups -OCH3 is 1. The highest BCUT2D eigenvalue weighted by molar-refractivity contribution is 7.92. The second-order valence-electron chi connectivity index (χ2n) is 6.81. The topological polar surface area (TPSA) is 103 Å². The van der Waals surface area contributed by atoms with Gasteiger partial charge in [0.05, 0.1) is 29.5 Å². The van der Waals surface area contributed by atoms with Crippen molar-refractivity contribution in [2.75, 3.05) is 18.0 Å². The maximum absolute atomic E-state index is 13.4. The number of anilines is 1. The fraction of sp³-hybridized carbons (Fsp3) is 0.217. The van der Waals surface area contributed by atoms with Crippen LogP contribution in [0.5, 0.6) is 0 Å². The van der Waals surface area contributed by atoms with Crippen LogP contribution < -0.4 is 4.31 Å². The first-order valence-corrected chi connectivity index (χ1v) is 11.2. The minimum absolute atomic E-state index is 0.00546. The van der Waals surface area contributed by atoms with Crippen molar-refractivity contribution in [1.29, 1.82) is 0 Å². The van der Waals surface area contributed by atoms with Crippen LogP contribution in [0.15, 0.2) is 70.2 Å². The van der Waals surface area contributed by atoms with E-state index in [9.17, 15) is 18.0 Å². The van der Waals surface area contributed by atoms with Gasteiger partial charge in [-0.2, -0.15) is 0 Å². The highest BCUT2D eigenvalue weighted by Gasteiger charge is 2.27.